The van der Waals surface area contributed by atoms with Crippen molar-refractivity contribution in [3.05, 3.63) is 64.1 Å². The number of anilines is 1. The van der Waals surface area contributed by atoms with Gasteiger partial charge in [-0.3, -0.25) is 14.3 Å². The van der Waals surface area contributed by atoms with Gasteiger partial charge in [0.1, 0.15) is 22.7 Å². The van der Waals surface area contributed by atoms with E-state index in [0.29, 0.717) is 51.6 Å². The maximum atomic E-state index is 13.3. The number of H-pyrrole nitrogens is 2. The van der Waals surface area contributed by atoms with Crippen LogP contribution in [-0.2, 0) is 13.6 Å². The van der Waals surface area contributed by atoms with Gasteiger partial charge in [-0.25, -0.2) is 15.0 Å². The van der Waals surface area contributed by atoms with E-state index in [4.69, 9.17) is 4.98 Å². The molecule has 0 saturated carbocycles. The highest BCUT2D eigenvalue weighted by Crippen LogP contribution is 2.31. The minimum Gasteiger partial charge on any atom is -0.375 e. The fraction of sp³-hybridized carbons (Fsp3) is 0.280. The lowest BCUT2D eigenvalue weighted by molar-refractivity contribution is 0.0792. The molecule has 0 spiro atoms. The van der Waals surface area contributed by atoms with Gasteiger partial charge in [-0.15, -0.1) is 0 Å². The fourth-order valence-corrected chi connectivity index (χ4v) is 4.77. The highest BCUT2D eigenvalue weighted by molar-refractivity contribution is 6.00. The Morgan fingerprint density at radius 3 is 2.67 bits per heavy atom. The third-order valence-corrected chi connectivity index (χ3v) is 6.52. The molecule has 3 N–H and O–H groups in total. The van der Waals surface area contributed by atoms with Crippen molar-refractivity contribution in [3.8, 4) is 11.4 Å². The molecule has 0 aliphatic carbocycles. The number of carbonyl (C=O) groups excluding carboxylic acids is 1. The molecule has 182 valence electrons. The van der Waals surface area contributed by atoms with Crippen LogP contribution in [0.2, 0.25) is 0 Å². The minimum atomic E-state index is -0.309. The molecule has 1 amide bonds. The minimum absolute atomic E-state index is 0.0226. The van der Waals surface area contributed by atoms with E-state index in [-0.39, 0.29) is 11.5 Å². The number of carbonyl (C=O) groups is 1. The van der Waals surface area contributed by atoms with E-state index in [2.05, 4.69) is 30.4 Å². The van der Waals surface area contributed by atoms with Crippen molar-refractivity contribution >= 4 is 33.7 Å². The molecule has 4 aromatic heterocycles. The molecule has 11 nitrogen and oxygen atoms in total. The Bertz CT molecular complexity index is 1660. The van der Waals surface area contributed by atoms with Crippen LogP contribution >= 0.6 is 0 Å². The quantitative estimate of drug-likeness (QED) is 0.349. The maximum absolute atomic E-state index is 13.3. The van der Waals surface area contributed by atoms with E-state index < -0.39 is 0 Å². The Kier molecular flexibility index (Phi) is 5.24. The number of hydrogen-bond donors (Lipinski definition) is 3. The molecule has 11 heteroatoms. The van der Waals surface area contributed by atoms with Crippen molar-refractivity contribution in [1.29, 1.82) is 0 Å². The van der Waals surface area contributed by atoms with E-state index in [1.54, 1.807) is 36.4 Å². The molecular formula is C25H25N9O2. The zero-order valence-electron chi connectivity index (χ0n) is 20.0. The third kappa shape index (κ3) is 3.78. The second-order valence-electron chi connectivity index (χ2n) is 9.06. The van der Waals surface area contributed by atoms with Crippen LogP contribution in [0.1, 0.15) is 34.6 Å². The number of hydrogen-bond acceptors (Lipinski definition) is 7. The first-order chi connectivity index (χ1) is 17.5. The third-order valence-electron chi connectivity index (χ3n) is 6.52. The van der Waals surface area contributed by atoms with Crippen LogP contribution in [0.15, 0.2) is 41.6 Å². The lowest BCUT2D eigenvalue weighted by Crippen LogP contribution is -2.28. The number of likely N-dealkylation sites (tertiary alicyclic amines) is 1. The zero-order chi connectivity index (χ0) is 24.8. The molecule has 36 heavy (non-hydrogen) atoms. The van der Waals surface area contributed by atoms with Crippen molar-refractivity contribution in [2.45, 2.75) is 26.3 Å². The smallest absolute Gasteiger partial charge is 0.261 e. The van der Waals surface area contributed by atoms with E-state index in [0.717, 1.165) is 37.0 Å². The number of aromatic nitrogens is 7. The summed E-state index contributed by atoms with van der Waals surface area (Å²) in [6, 6.07) is 5.47. The molecule has 1 aromatic carbocycles. The highest BCUT2D eigenvalue weighted by Gasteiger charge is 2.24. The van der Waals surface area contributed by atoms with E-state index in [1.165, 1.54) is 0 Å². The summed E-state index contributed by atoms with van der Waals surface area (Å²) in [7, 11) is 1.80. The SMILES string of the molecule is Cc1cc2[nH]c(-c3c(NCc4ncccn4)c4nn(C)cc4[nH]c3=O)nc2cc1C(=O)N1CCCC1. The number of benzene rings is 1. The number of fused-ring (bicyclic) bond motifs is 2. The number of amides is 1. The van der Waals surface area contributed by atoms with Gasteiger partial charge in [0.2, 0.25) is 0 Å². The van der Waals surface area contributed by atoms with Gasteiger partial charge in [-0.2, -0.15) is 5.10 Å². The van der Waals surface area contributed by atoms with Gasteiger partial charge in [-0.05, 0) is 43.5 Å². The Morgan fingerprint density at radius 2 is 1.89 bits per heavy atom. The molecule has 1 fully saturated rings. The van der Waals surface area contributed by atoms with Crippen LogP contribution in [0.5, 0.6) is 0 Å². The molecule has 1 aliphatic rings. The van der Waals surface area contributed by atoms with Crippen LogP contribution < -0.4 is 10.9 Å². The van der Waals surface area contributed by atoms with Crippen molar-refractivity contribution in [2.24, 2.45) is 7.05 Å². The van der Waals surface area contributed by atoms with Crippen LogP contribution in [-0.4, -0.2) is 58.6 Å². The Balaban J connectivity index is 1.46. The topological polar surface area (TPSA) is 137 Å². The molecule has 0 atom stereocenters. The number of rotatable bonds is 5. The summed E-state index contributed by atoms with van der Waals surface area (Å²) in [4.78, 5) is 47.7. The summed E-state index contributed by atoms with van der Waals surface area (Å²) in [5.74, 6) is 0.994. The number of nitrogens with zero attached hydrogens (tertiary/aromatic N) is 6. The average molecular weight is 484 g/mol. The van der Waals surface area contributed by atoms with E-state index in [9.17, 15) is 9.59 Å². The predicted octanol–water partition coefficient (Wildman–Crippen LogP) is 2.75. The highest BCUT2D eigenvalue weighted by atomic mass is 16.2. The van der Waals surface area contributed by atoms with E-state index >= 15 is 0 Å². The monoisotopic (exact) mass is 483 g/mol. The molecular weight excluding hydrogens is 458 g/mol. The first-order valence-corrected chi connectivity index (χ1v) is 11.9. The van der Waals surface area contributed by atoms with Crippen molar-refractivity contribution in [1.82, 2.24) is 39.6 Å². The molecule has 1 aliphatic heterocycles. The predicted molar refractivity (Wildman–Crippen MR) is 136 cm³/mol. The Hall–Kier alpha value is -4.54. The number of aryl methyl sites for hydroxylation is 2. The first kappa shape index (κ1) is 22.0. The molecule has 0 unspecified atom stereocenters. The van der Waals surface area contributed by atoms with Gasteiger partial charge < -0.3 is 20.2 Å². The molecule has 0 bridgehead atoms. The molecule has 5 heterocycles. The van der Waals surface area contributed by atoms with Crippen LogP contribution in [0.4, 0.5) is 5.69 Å². The molecule has 6 rings (SSSR count). The van der Waals surface area contributed by atoms with Gasteiger partial charge in [0.15, 0.2) is 0 Å². The van der Waals surface area contributed by atoms with Crippen molar-refractivity contribution in [3.63, 3.8) is 0 Å². The maximum Gasteiger partial charge on any atom is 0.261 e. The second-order valence-corrected chi connectivity index (χ2v) is 9.06. The standard InChI is InChI=1S/C25H25N9O2/c1-14-10-16-17(11-15(14)25(36)34-8-3-4-9-34)30-23(29-16)20-22(28-12-19-26-6-5-7-27-19)21-18(31-24(20)35)13-33(2)32-21/h5-7,10-11,13,28H,3-4,8-9,12H2,1-2H3,(H,29,30)(H,31,35). The number of aromatic amines is 2. The summed E-state index contributed by atoms with van der Waals surface area (Å²) < 4.78 is 1.65. The van der Waals surface area contributed by atoms with Crippen molar-refractivity contribution in [2.75, 3.05) is 18.4 Å². The fourth-order valence-electron chi connectivity index (χ4n) is 4.77. The Labute approximate surface area is 205 Å². The van der Waals surface area contributed by atoms with Crippen LogP contribution in [0.3, 0.4) is 0 Å². The molecule has 1 saturated heterocycles. The number of nitrogens with one attached hydrogen (secondary N) is 3. The molecule has 0 radical (unpaired) electrons. The zero-order valence-corrected chi connectivity index (χ0v) is 20.0. The Morgan fingerprint density at radius 1 is 1.11 bits per heavy atom. The summed E-state index contributed by atoms with van der Waals surface area (Å²) >= 11 is 0. The summed E-state index contributed by atoms with van der Waals surface area (Å²) in [5.41, 5.74) is 4.63. The first-order valence-electron chi connectivity index (χ1n) is 11.9. The lowest BCUT2D eigenvalue weighted by Gasteiger charge is -2.16. The number of pyridine rings is 1. The van der Waals surface area contributed by atoms with Crippen LogP contribution in [0.25, 0.3) is 33.5 Å². The summed E-state index contributed by atoms with van der Waals surface area (Å²) in [6.45, 7) is 3.78. The largest absolute Gasteiger partial charge is 0.375 e. The van der Waals surface area contributed by atoms with Gasteiger partial charge >= 0.3 is 0 Å². The summed E-state index contributed by atoms with van der Waals surface area (Å²) in [5, 5.41) is 7.86. The molecule has 5 aromatic rings. The normalized spacial score (nSPS) is 13.7. The van der Waals surface area contributed by atoms with Gasteiger partial charge in [0.05, 0.1) is 28.8 Å². The van der Waals surface area contributed by atoms with Gasteiger partial charge in [0, 0.05) is 44.3 Å². The van der Waals surface area contributed by atoms with Crippen molar-refractivity contribution < 1.29 is 4.79 Å². The number of imidazole rings is 1. The van der Waals surface area contributed by atoms with Gasteiger partial charge in [0.25, 0.3) is 11.5 Å². The lowest BCUT2D eigenvalue weighted by atomic mass is 10.1. The average Bonchev–Trinajstić information content (AvgIpc) is 3.61. The van der Waals surface area contributed by atoms with E-state index in [1.807, 2.05) is 24.0 Å². The van der Waals surface area contributed by atoms with Crippen LogP contribution in [0, 0.1) is 6.92 Å². The van der Waals surface area contributed by atoms with Gasteiger partial charge in [-0.1, -0.05) is 0 Å². The second kappa shape index (κ2) is 8.59. The summed E-state index contributed by atoms with van der Waals surface area (Å²) in [6.07, 6.45) is 7.15.